The first-order valence-electron chi connectivity index (χ1n) is 7.74. The van der Waals surface area contributed by atoms with Crippen molar-refractivity contribution in [3.8, 4) is 11.5 Å². The number of methoxy groups -OCH3 is 2. The zero-order chi connectivity index (χ0) is 15.3. The fraction of sp³-hybridized carbons (Fsp3) is 0.647. The molecule has 0 heterocycles. The summed E-state index contributed by atoms with van der Waals surface area (Å²) in [5.41, 5.74) is 0.471. The van der Waals surface area contributed by atoms with Gasteiger partial charge in [-0.1, -0.05) is 19.3 Å². The molecule has 2 N–H and O–H groups in total. The number of ether oxygens (including phenoxy) is 2. The van der Waals surface area contributed by atoms with E-state index in [0.717, 1.165) is 17.1 Å². The van der Waals surface area contributed by atoms with Gasteiger partial charge in [0, 0.05) is 17.7 Å². The number of aliphatic hydroxyl groups is 1. The Morgan fingerprint density at radius 3 is 2.48 bits per heavy atom. The van der Waals surface area contributed by atoms with Gasteiger partial charge < -0.3 is 19.9 Å². The molecule has 0 aromatic heterocycles. The first kappa shape index (κ1) is 16.1. The Labute approximate surface area is 127 Å². The summed E-state index contributed by atoms with van der Waals surface area (Å²) in [6, 6.07) is 6.21. The number of benzene rings is 1. The summed E-state index contributed by atoms with van der Waals surface area (Å²) < 4.78 is 10.7. The van der Waals surface area contributed by atoms with Crippen molar-refractivity contribution < 1.29 is 14.6 Å². The first-order chi connectivity index (χ1) is 10.1. The molecule has 4 nitrogen and oxygen atoms in total. The fourth-order valence-corrected chi connectivity index (χ4v) is 3.16. The normalized spacial score (nSPS) is 19.0. The summed E-state index contributed by atoms with van der Waals surface area (Å²) in [4.78, 5) is 0. The number of aliphatic hydroxyl groups excluding tert-OH is 1. The van der Waals surface area contributed by atoms with Crippen molar-refractivity contribution in [1.82, 2.24) is 5.32 Å². The lowest BCUT2D eigenvalue weighted by atomic mass is 9.87. The van der Waals surface area contributed by atoms with Gasteiger partial charge in [0.05, 0.1) is 26.4 Å². The zero-order valence-electron chi connectivity index (χ0n) is 13.3. The van der Waals surface area contributed by atoms with Crippen molar-refractivity contribution in [3.63, 3.8) is 0 Å². The lowest BCUT2D eigenvalue weighted by Crippen LogP contribution is -2.49. The summed E-state index contributed by atoms with van der Waals surface area (Å²) >= 11 is 0. The molecule has 2 rings (SSSR count). The predicted octanol–water partition coefficient (Wildman–Crippen LogP) is 2.83. The first-order valence-corrected chi connectivity index (χ1v) is 7.74. The van der Waals surface area contributed by atoms with Gasteiger partial charge in [0.25, 0.3) is 0 Å². The molecule has 0 amide bonds. The number of nitrogens with one attached hydrogen (secondary N) is 1. The summed E-state index contributed by atoms with van der Waals surface area (Å²) in [6.45, 7) is 2.07. The third-order valence-electron chi connectivity index (χ3n) is 4.45. The maximum Gasteiger partial charge on any atom is 0.127 e. The molecular weight excluding hydrogens is 266 g/mol. The average molecular weight is 293 g/mol. The second kappa shape index (κ2) is 7.14. The van der Waals surface area contributed by atoms with Crippen molar-refractivity contribution in [2.75, 3.05) is 20.8 Å². The molecule has 4 heteroatoms. The summed E-state index contributed by atoms with van der Waals surface area (Å²) in [5.74, 6) is 1.50. The molecule has 0 saturated heterocycles. The van der Waals surface area contributed by atoms with Crippen LogP contribution in [-0.2, 0) is 5.54 Å². The topological polar surface area (TPSA) is 50.7 Å². The standard InChI is InChI=1S/C17H27NO3/c1-17(12-19,18-13-7-5-4-6-8-13)15-10-9-14(20-2)11-16(15)21-3/h9-11,13,18-19H,4-8,12H2,1-3H3. The van der Waals surface area contributed by atoms with Gasteiger partial charge in [-0.15, -0.1) is 0 Å². The quantitative estimate of drug-likeness (QED) is 0.847. The van der Waals surface area contributed by atoms with Crippen LogP contribution in [0.2, 0.25) is 0 Å². The van der Waals surface area contributed by atoms with Gasteiger partial charge in [0.2, 0.25) is 0 Å². The molecule has 1 saturated carbocycles. The monoisotopic (exact) mass is 293 g/mol. The molecule has 0 spiro atoms. The summed E-state index contributed by atoms with van der Waals surface area (Å²) in [6.07, 6.45) is 6.19. The van der Waals surface area contributed by atoms with E-state index in [9.17, 15) is 5.11 Å². The van der Waals surface area contributed by atoms with E-state index >= 15 is 0 Å². The van der Waals surface area contributed by atoms with Crippen LogP contribution in [0.25, 0.3) is 0 Å². The highest BCUT2D eigenvalue weighted by Gasteiger charge is 2.32. The van der Waals surface area contributed by atoms with Crippen molar-refractivity contribution >= 4 is 0 Å². The van der Waals surface area contributed by atoms with Gasteiger partial charge in [-0.05, 0) is 31.9 Å². The van der Waals surface area contributed by atoms with E-state index in [4.69, 9.17) is 9.47 Å². The lowest BCUT2D eigenvalue weighted by molar-refractivity contribution is 0.147. The van der Waals surface area contributed by atoms with Crippen LogP contribution in [-0.4, -0.2) is 32.0 Å². The lowest BCUT2D eigenvalue weighted by Gasteiger charge is -2.36. The molecule has 1 aliphatic carbocycles. The van der Waals surface area contributed by atoms with Gasteiger partial charge >= 0.3 is 0 Å². The molecule has 1 aromatic rings. The fourth-order valence-electron chi connectivity index (χ4n) is 3.16. The van der Waals surface area contributed by atoms with Crippen molar-refractivity contribution in [3.05, 3.63) is 23.8 Å². The Morgan fingerprint density at radius 2 is 1.90 bits per heavy atom. The largest absolute Gasteiger partial charge is 0.497 e. The molecular formula is C17H27NO3. The van der Waals surface area contributed by atoms with E-state index < -0.39 is 5.54 Å². The van der Waals surface area contributed by atoms with Crippen molar-refractivity contribution in [2.24, 2.45) is 0 Å². The Bertz CT molecular complexity index is 457. The average Bonchev–Trinajstić information content (AvgIpc) is 2.55. The van der Waals surface area contributed by atoms with Gasteiger partial charge in [-0.3, -0.25) is 0 Å². The van der Waals surface area contributed by atoms with E-state index in [1.807, 2.05) is 25.1 Å². The van der Waals surface area contributed by atoms with Crippen LogP contribution in [0.15, 0.2) is 18.2 Å². The second-order valence-electron chi connectivity index (χ2n) is 6.04. The van der Waals surface area contributed by atoms with Crippen LogP contribution in [0.1, 0.15) is 44.6 Å². The van der Waals surface area contributed by atoms with Gasteiger partial charge in [0.1, 0.15) is 11.5 Å². The van der Waals surface area contributed by atoms with Crippen LogP contribution in [0.3, 0.4) is 0 Å². The summed E-state index contributed by atoms with van der Waals surface area (Å²) in [5, 5.41) is 13.6. The summed E-state index contributed by atoms with van der Waals surface area (Å²) in [7, 11) is 3.29. The minimum Gasteiger partial charge on any atom is -0.497 e. The van der Waals surface area contributed by atoms with Crippen LogP contribution >= 0.6 is 0 Å². The van der Waals surface area contributed by atoms with Gasteiger partial charge in [-0.25, -0.2) is 0 Å². The number of hydrogen-bond donors (Lipinski definition) is 2. The molecule has 0 bridgehead atoms. The van der Waals surface area contributed by atoms with Crippen molar-refractivity contribution in [2.45, 2.75) is 50.6 Å². The van der Waals surface area contributed by atoms with Crippen LogP contribution < -0.4 is 14.8 Å². The van der Waals surface area contributed by atoms with Crippen LogP contribution in [0.5, 0.6) is 11.5 Å². The zero-order valence-corrected chi connectivity index (χ0v) is 13.3. The Morgan fingerprint density at radius 1 is 1.19 bits per heavy atom. The third kappa shape index (κ3) is 3.69. The van der Waals surface area contributed by atoms with E-state index in [2.05, 4.69) is 5.32 Å². The van der Waals surface area contributed by atoms with Crippen LogP contribution in [0, 0.1) is 0 Å². The SMILES string of the molecule is COc1ccc(C(C)(CO)NC2CCCCC2)c(OC)c1. The maximum absolute atomic E-state index is 9.97. The minimum absolute atomic E-state index is 0.0339. The highest BCUT2D eigenvalue weighted by Crippen LogP contribution is 2.34. The molecule has 1 atom stereocenters. The Hall–Kier alpha value is -1.26. The smallest absolute Gasteiger partial charge is 0.127 e. The number of hydrogen-bond acceptors (Lipinski definition) is 4. The van der Waals surface area contributed by atoms with E-state index in [0.29, 0.717) is 6.04 Å². The highest BCUT2D eigenvalue weighted by atomic mass is 16.5. The van der Waals surface area contributed by atoms with Gasteiger partial charge in [0.15, 0.2) is 0 Å². The molecule has 1 aliphatic rings. The van der Waals surface area contributed by atoms with E-state index in [-0.39, 0.29) is 6.61 Å². The number of rotatable bonds is 6. The molecule has 118 valence electrons. The van der Waals surface area contributed by atoms with E-state index in [1.165, 1.54) is 32.1 Å². The maximum atomic E-state index is 9.97. The minimum atomic E-state index is -0.500. The Kier molecular flexibility index (Phi) is 5.48. The molecule has 1 aromatic carbocycles. The van der Waals surface area contributed by atoms with Crippen molar-refractivity contribution in [1.29, 1.82) is 0 Å². The Balaban J connectivity index is 2.25. The predicted molar refractivity (Wildman–Crippen MR) is 84.0 cm³/mol. The molecule has 0 radical (unpaired) electrons. The second-order valence-corrected chi connectivity index (χ2v) is 6.04. The molecule has 1 unspecified atom stereocenters. The molecule has 21 heavy (non-hydrogen) atoms. The third-order valence-corrected chi connectivity index (χ3v) is 4.45. The van der Waals surface area contributed by atoms with Gasteiger partial charge in [-0.2, -0.15) is 0 Å². The highest BCUT2D eigenvalue weighted by molar-refractivity contribution is 5.44. The molecule has 1 fully saturated rings. The van der Waals surface area contributed by atoms with E-state index in [1.54, 1.807) is 14.2 Å². The van der Waals surface area contributed by atoms with Crippen LogP contribution in [0.4, 0.5) is 0 Å². The molecule has 0 aliphatic heterocycles.